The number of carbonyl (C=O) groups is 1. The van der Waals surface area contributed by atoms with Gasteiger partial charge in [0.2, 0.25) is 5.91 Å². The van der Waals surface area contributed by atoms with Crippen molar-refractivity contribution in [2.75, 3.05) is 10.6 Å². The number of anilines is 2. The molecule has 6 nitrogen and oxygen atoms in total. The first-order chi connectivity index (χ1) is 9.52. The molecule has 106 valence electrons. The fraction of sp³-hybridized carbons (Fsp3) is 0.500. The molecule has 20 heavy (non-hydrogen) atoms. The van der Waals surface area contributed by atoms with Gasteiger partial charge in [-0.25, -0.2) is 0 Å². The Labute approximate surface area is 116 Å². The van der Waals surface area contributed by atoms with Crippen LogP contribution in [-0.2, 0) is 11.2 Å². The van der Waals surface area contributed by atoms with Crippen molar-refractivity contribution in [1.82, 2.24) is 0 Å². The molecule has 1 amide bonds. The second-order valence-corrected chi connectivity index (χ2v) is 5.77. The number of hydrogen-bond donors (Lipinski definition) is 2. The first-order valence-electron chi connectivity index (χ1n) is 6.90. The van der Waals surface area contributed by atoms with Crippen molar-refractivity contribution in [1.29, 1.82) is 0 Å². The molecule has 3 rings (SSSR count). The van der Waals surface area contributed by atoms with Gasteiger partial charge in [-0.1, -0.05) is 6.92 Å². The molecule has 1 aromatic rings. The summed E-state index contributed by atoms with van der Waals surface area (Å²) in [6.45, 7) is 2.19. The Morgan fingerprint density at radius 1 is 1.40 bits per heavy atom. The maximum Gasteiger partial charge on any atom is 0.292 e. The zero-order valence-corrected chi connectivity index (χ0v) is 11.3. The van der Waals surface area contributed by atoms with Gasteiger partial charge in [-0.15, -0.1) is 0 Å². The SMILES string of the molecule is CC1CCC(Nc2cc3c(cc2[N+](=O)[O-])CC(=O)N3)C1. The Morgan fingerprint density at radius 3 is 2.85 bits per heavy atom. The second kappa shape index (κ2) is 4.77. The summed E-state index contributed by atoms with van der Waals surface area (Å²) in [7, 11) is 0. The highest BCUT2D eigenvalue weighted by atomic mass is 16.6. The van der Waals surface area contributed by atoms with Crippen molar-refractivity contribution in [2.24, 2.45) is 5.92 Å². The highest BCUT2D eigenvalue weighted by molar-refractivity contribution is 6.00. The number of nitrogens with zero attached hydrogens (tertiary/aromatic N) is 1. The lowest BCUT2D eigenvalue weighted by Crippen LogP contribution is -2.16. The Morgan fingerprint density at radius 2 is 2.20 bits per heavy atom. The van der Waals surface area contributed by atoms with Crippen LogP contribution in [0.25, 0.3) is 0 Å². The molecule has 2 unspecified atom stereocenters. The minimum Gasteiger partial charge on any atom is -0.377 e. The predicted octanol–water partition coefficient (Wildman–Crippen LogP) is 2.69. The molecule has 1 heterocycles. The number of nitrogens with one attached hydrogen (secondary N) is 2. The van der Waals surface area contributed by atoms with Crippen LogP contribution in [-0.4, -0.2) is 16.9 Å². The van der Waals surface area contributed by atoms with E-state index >= 15 is 0 Å². The van der Waals surface area contributed by atoms with Crippen LogP contribution in [0.2, 0.25) is 0 Å². The molecule has 2 N–H and O–H groups in total. The van der Waals surface area contributed by atoms with Crippen LogP contribution in [0.4, 0.5) is 17.1 Å². The third-order valence-corrected chi connectivity index (χ3v) is 4.10. The number of hydrogen-bond acceptors (Lipinski definition) is 4. The average molecular weight is 275 g/mol. The summed E-state index contributed by atoms with van der Waals surface area (Å²) in [4.78, 5) is 22.2. The normalized spacial score (nSPS) is 24.4. The molecular weight excluding hydrogens is 258 g/mol. The van der Waals surface area contributed by atoms with Gasteiger partial charge in [-0.2, -0.15) is 0 Å². The van der Waals surface area contributed by atoms with Crippen molar-refractivity contribution in [2.45, 2.75) is 38.6 Å². The lowest BCUT2D eigenvalue weighted by molar-refractivity contribution is -0.384. The highest BCUT2D eigenvalue weighted by Crippen LogP contribution is 2.36. The van der Waals surface area contributed by atoms with Gasteiger partial charge < -0.3 is 10.6 Å². The molecule has 0 bridgehead atoms. The van der Waals surface area contributed by atoms with Crippen molar-refractivity contribution < 1.29 is 9.72 Å². The standard InChI is InChI=1S/C14H17N3O3/c1-8-2-3-10(4-8)15-12-7-11-9(6-14(18)16-11)5-13(12)17(19)20/h5,7-8,10,15H,2-4,6H2,1H3,(H,16,18). The summed E-state index contributed by atoms with van der Waals surface area (Å²) in [5.74, 6) is 0.543. The molecule has 0 saturated heterocycles. The highest BCUT2D eigenvalue weighted by Gasteiger charge is 2.27. The molecule has 0 radical (unpaired) electrons. The fourth-order valence-corrected chi connectivity index (χ4v) is 3.09. The molecule has 0 aromatic heterocycles. The quantitative estimate of drug-likeness (QED) is 0.656. The van der Waals surface area contributed by atoms with Gasteiger partial charge in [-0.05, 0) is 36.8 Å². The van der Waals surface area contributed by atoms with Gasteiger partial charge in [0.1, 0.15) is 5.69 Å². The molecule has 6 heteroatoms. The lowest BCUT2D eigenvalue weighted by atomic mass is 10.1. The number of nitro groups is 1. The van der Waals surface area contributed by atoms with Crippen LogP contribution >= 0.6 is 0 Å². The molecule has 1 fully saturated rings. The number of rotatable bonds is 3. The van der Waals surface area contributed by atoms with Crippen molar-refractivity contribution in [3.05, 3.63) is 27.8 Å². The number of fused-ring (bicyclic) bond motifs is 1. The van der Waals surface area contributed by atoms with Crippen LogP contribution in [0.1, 0.15) is 31.7 Å². The number of benzene rings is 1. The summed E-state index contributed by atoms with van der Waals surface area (Å²) >= 11 is 0. The van der Waals surface area contributed by atoms with Gasteiger partial charge in [0.15, 0.2) is 0 Å². The van der Waals surface area contributed by atoms with Gasteiger partial charge in [0, 0.05) is 17.8 Å². The van der Waals surface area contributed by atoms with E-state index in [-0.39, 0.29) is 29.0 Å². The Bertz CT molecular complexity index is 585. The van der Waals surface area contributed by atoms with E-state index in [9.17, 15) is 14.9 Å². The van der Waals surface area contributed by atoms with E-state index in [0.717, 1.165) is 19.3 Å². The smallest absolute Gasteiger partial charge is 0.292 e. The maximum atomic E-state index is 11.4. The van der Waals surface area contributed by atoms with E-state index < -0.39 is 0 Å². The van der Waals surface area contributed by atoms with Crippen LogP contribution in [0.3, 0.4) is 0 Å². The Hall–Kier alpha value is -2.11. The Kier molecular flexibility index (Phi) is 3.08. The van der Waals surface area contributed by atoms with Crippen LogP contribution in [0, 0.1) is 16.0 Å². The van der Waals surface area contributed by atoms with Crippen LogP contribution in [0.15, 0.2) is 12.1 Å². The molecule has 1 aliphatic carbocycles. The largest absolute Gasteiger partial charge is 0.377 e. The topological polar surface area (TPSA) is 84.3 Å². The fourth-order valence-electron chi connectivity index (χ4n) is 3.09. The Balaban J connectivity index is 1.91. The summed E-state index contributed by atoms with van der Waals surface area (Å²) in [5.41, 5.74) is 1.95. The molecule has 2 aliphatic rings. The van der Waals surface area contributed by atoms with E-state index in [1.165, 1.54) is 6.07 Å². The summed E-state index contributed by atoms with van der Waals surface area (Å²) in [6.07, 6.45) is 3.42. The summed E-state index contributed by atoms with van der Waals surface area (Å²) in [6, 6.07) is 3.48. The van der Waals surface area contributed by atoms with E-state index in [1.54, 1.807) is 6.07 Å². The molecular formula is C14H17N3O3. The van der Waals surface area contributed by atoms with Gasteiger partial charge in [-0.3, -0.25) is 14.9 Å². The van der Waals surface area contributed by atoms with Gasteiger partial charge in [0.25, 0.3) is 5.69 Å². The van der Waals surface area contributed by atoms with E-state index in [1.807, 2.05) is 0 Å². The van der Waals surface area contributed by atoms with Crippen molar-refractivity contribution in [3.63, 3.8) is 0 Å². The maximum absolute atomic E-state index is 11.4. The van der Waals surface area contributed by atoms with Crippen LogP contribution < -0.4 is 10.6 Å². The summed E-state index contributed by atoms with van der Waals surface area (Å²) in [5, 5.41) is 17.2. The predicted molar refractivity (Wildman–Crippen MR) is 75.9 cm³/mol. The molecule has 0 spiro atoms. The van der Waals surface area contributed by atoms with Gasteiger partial charge in [0.05, 0.1) is 11.3 Å². The number of amides is 1. The monoisotopic (exact) mass is 275 g/mol. The third kappa shape index (κ3) is 2.33. The number of carbonyl (C=O) groups excluding carboxylic acids is 1. The van der Waals surface area contributed by atoms with Crippen LogP contribution in [0.5, 0.6) is 0 Å². The average Bonchev–Trinajstić information content (AvgIpc) is 2.92. The molecule has 1 aromatic carbocycles. The zero-order chi connectivity index (χ0) is 14.3. The van der Waals surface area contributed by atoms with E-state index in [0.29, 0.717) is 22.9 Å². The minimum absolute atomic E-state index is 0.0554. The van der Waals surface area contributed by atoms with Crippen molar-refractivity contribution in [3.8, 4) is 0 Å². The summed E-state index contributed by atoms with van der Waals surface area (Å²) < 4.78 is 0. The first kappa shape index (κ1) is 12.9. The van der Waals surface area contributed by atoms with Crippen molar-refractivity contribution >= 4 is 23.0 Å². The van der Waals surface area contributed by atoms with Gasteiger partial charge >= 0.3 is 0 Å². The minimum atomic E-state index is -0.385. The molecule has 2 atom stereocenters. The van der Waals surface area contributed by atoms with E-state index in [2.05, 4.69) is 17.6 Å². The number of nitro benzene ring substituents is 1. The second-order valence-electron chi connectivity index (χ2n) is 5.77. The van der Waals surface area contributed by atoms with E-state index in [4.69, 9.17) is 0 Å². The first-order valence-corrected chi connectivity index (χ1v) is 6.90. The third-order valence-electron chi connectivity index (χ3n) is 4.10. The molecule has 1 saturated carbocycles. The lowest BCUT2D eigenvalue weighted by Gasteiger charge is -2.15. The zero-order valence-electron chi connectivity index (χ0n) is 11.3. The molecule has 1 aliphatic heterocycles.